The average molecular weight is 282 g/mol. The predicted molar refractivity (Wildman–Crippen MR) is 69.9 cm³/mol. The van der Waals surface area contributed by atoms with Gasteiger partial charge in [0.2, 0.25) is 0 Å². The molecule has 0 saturated heterocycles. The first-order chi connectivity index (χ1) is 8.79. The smallest absolute Gasteiger partial charge is 0.417 e. The molecule has 112 valence electrons. The molecule has 0 amide bonds. The third kappa shape index (κ3) is 5.09. The highest BCUT2D eigenvalue weighted by Crippen LogP contribution is 2.38. The standard InChI is InChI=1S/C10H10F4O.2C2H6/c1-3-6-4-7(15)9(11)5(2)8(6)10(12,13)14;2*1-2/h4,15H,3H2,1-2H3;2*1-2H3. The summed E-state index contributed by atoms with van der Waals surface area (Å²) in [6.45, 7) is 10.5. The van der Waals surface area contributed by atoms with Gasteiger partial charge in [-0.2, -0.15) is 13.2 Å². The van der Waals surface area contributed by atoms with Crippen molar-refractivity contribution in [1.29, 1.82) is 0 Å². The average Bonchev–Trinajstić information content (AvgIpc) is 2.38. The van der Waals surface area contributed by atoms with Gasteiger partial charge in [-0.1, -0.05) is 34.6 Å². The van der Waals surface area contributed by atoms with Crippen LogP contribution in [-0.2, 0) is 12.6 Å². The molecule has 0 unspecified atom stereocenters. The van der Waals surface area contributed by atoms with Crippen LogP contribution in [0.3, 0.4) is 0 Å². The molecule has 0 heterocycles. The fourth-order valence-electron chi connectivity index (χ4n) is 1.52. The van der Waals surface area contributed by atoms with Gasteiger partial charge < -0.3 is 5.11 Å². The monoisotopic (exact) mass is 282 g/mol. The van der Waals surface area contributed by atoms with Crippen molar-refractivity contribution >= 4 is 0 Å². The highest BCUT2D eigenvalue weighted by atomic mass is 19.4. The molecule has 0 aliphatic heterocycles. The maximum absolute atomic E-state index is 13.1. The molecule has 19 heavy (non-hydrogen) atoms. The normalized spacial score (nSPS) is 10.0. The molecule has 0 bridgehead atoms. The maximum Gasteiger partial charge on any atom is 0.417 e. The van der Waals surface area contributed by atoms with E-state index in [-0.39, 0.29) is 12.0 Å². The molecule has 1 N–H and O–H groups in total. The van der Waals surface area contributed by atoms with E-state index < -0.39 is 28.9 Å². The first-order valence-electron chi connectivity index (χ1n) is 6.37. The van der Waals surface area contributed by atoms with Crippen molar-refractivity contribution in [3.8, 4) is 5.75 Å². The number of hydrogen-bond donors (Lipinski definition) is 1. The minimum Gasteiger partial charge on any atom is -0.505 e. The van der Waals surface area contributed by atoms with Crippen LogP contribution >= 0.6 is 0 Å². The summed E-state index contributed by atoms with van der Waals surface area (Å²) in [5.41, 5.74) is -1.64. The lowest BCUT2D eigenvalue weighted by Crippen LogP contribution is -2.12. The number of aromatic hydroxyl groups is 1. The Labute approximate surface area is 112 Å². The van der Waals surface area contributed by atoms with Crippen molar-refractivity contribution in [3.63, 3.8) is 0 Å². The zero-order valence-corrected chi connectivity index (χ0v) is 12.2. The quantitative estimate of drug-likeness (QED) is 0.677. The number of halogens is 4. The lowest BCUT2D eigenvalue weighted by molar-refractivity contribution is -0.138. The van der Waals surface area contributed by atoms with E-state index in [1.165, 1.54) is 6.92 Å². The van der Waals surface area contributed by atoms with E-state index >= 15 is 0 Å². The molecule has 1 aromatic rings. The Morgan fingerprint density at radius 2 is 1.53 bits per heavy atom. The van der Waals surface area contributed by atoms with Gasteiger partial charge >= 0.3 is 6.18 Å². The molecule has 0 saturated carbocycles. The van der Waals surface area contributed by atoms with Crippen molar-refractivity contribution in [2.75, 3.05) is 0 Å². The Balaban J connectivity index is 0. The number of alkyl halides is 3. The van der Waals surface area contributed by atoms with Gasteiger partial charge in [0.25, 0.3) is 0 Å². The number of phenolic OH excluding ortho intramolecular Hbond substituents is 1. The second kappa shape index (κ2) is 8.77. The molecule has 0 spiro atoms. The Kier molecular flexibility index (Phi) is 9.27. The van der Waals surface area contributed by atoms with E-state index in [0.717, 1.165) is 13.0 Å². The number of aryl methyl sites for hydroxylation is 1. The topological polar surface area (TPSA) is 20.2 Å². The van der Waals surface area contributed by atoms with Gasteiger partial charge in [-0.15, -0.1) is 0 Å². The fraction of sp³-hybridized carbons (Fsp3) is 0.571. The molecule has 0 aliphatic rings. The summed E-state index contributed by atoms with van der Waals surface area (Å²) < 4.78 is 50.8. The zero-order chi connectivity index (χ0) is 15.8. The van der Waals surface area contributed by atoms with Crippen LogP contribution in [0.15, 0.2) is 6.07 Å². The molecule has 0 fully saturated rings. The van der Waals surface area contributed by atoms with E-state index in [0.29, 0.717) is 0 Å². The lowest BCUT2D eigenvalue weighted by Gasteiger charge is -2.16. The van der Waals surface area contributed by atoms with Gasteiger partial charge in [-0.25, -0.2) is 4.39 Å². The van der Waals surface area contributed by atoms with E-state index in [1.54, 1.807) is 0 Å². The van der Waals surface area contributed by atoms with Crippen molar-refractivity contribution in [2.24, 2.45) is 0 Å². The van der Waals surface area contributed by atoms with Gasteiger partial charge in [-0.3, -0.25) is 0 Å². The number of hydrogen-bond acceptors (Lipinski definition) is 1. The predicted octanol–water partition coefficient (Wildman–Crippen LogP) is 5.47. The van der Waals surface area contributed by atoms with Crippen molar-refractivity contribution < 1.29 is 22.7 Å². The summed E-state index contributed by atoms with van der Waals surface area (Å²) in [5.74, 6) is -1.95. The SMILES string of the molecule is CC.CC.CCc1cc(O)c(F)c(C)c1C(F)(F)F. The van der Waals surface area contributed by atoms with Gasteiger partial charge in [0.15, 0.2) is 11.6 Å². The summed E-state index contributed by atoms with van der Waals surface area (Å²) in [5, 5.41) is 9.06. The Morgan fingerprint density at radius 3 is 1.84 bits per heavy atom. The summed E-state index contributed by atoms with van der Waals surface area (Å²) in [7, 11) is 0. The van der Waals surface area contributed by atoms with E-state index in [9.17, 15) is 17.6 Å². The van der Waals surface area contributed by atoms with Crippen LogP contribution in [0.2, 0.25) is 0 Å². The van der Waals surface area contributed by atoms with Gasteiger partial charge in [0.05, 0.1) is 5.56 Å². The molecule has 5 heteroatoms. The molecular formula is C14H22F4O. The lowest BCUT2D eigenvalue weighted by atomic mass is 9.98. The van der Waals surface area contributed by atoms with E-state index in [2.05, 4.69) is 0 Å². The molecular weight excluding hydrogens is 260 g/mol. The highest BCUT2D eigenvalue weighted by Gasteiger charge is 2.36. The maximum atomic E-state index is 13.1. The summed E-state index contributed by atoms with van der Waals surface area (Å²) in [6, 6.07) is 0.825. The van der Waals surface area contributed by atoms with Crippen LogP contribution in [-0.4, -0.2) is 5.11 Å². The summed E-state index contributed by atoms with van der Waals surface area (Å²) in [4.78, 5) is 0. The summed E-state index contributed by atoms with van der Waals surface area (Å²) in [6.07, 6.45) is -4.51. The molecule has 1 rings (SSSR count). The zero-order valence-electron chi connectivity index (χ0n) is 12.2. The molecule has 1 nitrogen and oxygen atoms in total. The molecule has 0 aromatic heterocycles. The first kappa shape index (κ1) is 20.1. The Morgan fingerprint density at radius 1 is 1.11 bits per heavy atom. The highest BCUT2D eigenvalue weighted by molar-refractivity contribution is 5.44. The third-order valence-electron chi connectivity index (χ3n) is 2.23. The van der Waals surface area contributed by atoms with Crippen LogP contribution in [0.25, 0.3) is 0 Å². The number of phenols is 1. The number of benzene rings is 1. The Bertz CT molecular complexity index is 384. The van der Waals surface area contributed by atoms with Crippen LogP contribution in [0.1, 0.15) is 51.3 Å². The van der Waals surface area contributed by atoms with Crippen LogP contribution in [0, 0.1) is 12.7 Å². The summed E-state index contributed by atoms with van der Waals surface area (Å²) >= 11 is 0. The second-order valence-electron chi connectivity index (χ2n) is 3.22. The van der Waals surface area contributed by atoms with Crippen molar-refractivity contribution in [1.82, 2.24) is 0 Å². The minimum atomic E-state index is -4.59. The molecule has 0 aliphatic carbocycles. The van der Waals surface area contributed by atoms with Crippen LogP contribution in [0.5, 0.6) is 5.75 Å². The Hall–Kier alpha value is -1.26. The largest absolute Gasteiger partial charge is 0.505 e. The van der Waals surface area contributed by atoms with E-state index in [1.807, 2.05) is 27.7 Å². The van der Waals surface area contributed by atoms with Crippen LogP contribution in [0.4, 0.5) is 17.6 Å². The van der Waals surface area contributed by atoms with Crippen LogP contribution < -0.4 is 0 Å². The van der Waals surface area contributed by atoms with Gasteiger partial charge in [0.1, 0.15) is 0 Å². The third-order valence-corrected chi connectivity index (χ3v) is 2.23. The molecule has 0 atom stereocenters. The van der Waals surface area contributed by atoms with Crippen molar-refractivity contribution in [2.45, 2.75) is 54.1 Å². The number of rotatable bonds is 1. The fourth-order valence-corrected chi connectivity index (χ4v) is 1.52. The van der Waals surface area contributed by atoms with E-state index in [4.69, 9.17) is 5.11 Å². The second-order valence-corrected chi connectivity index (χ2v) is 3.22. The molecule has 0 radical (unpaired) electrons. The van der Waals surface area contributed by atoms with Gasteiger partial charge in [-0.05, 0) is 25.0 Å². The minimum absolute atomic E-state index is 0.0868. The van der Waals surface area contributed by atoms with Gasteiger partial charge in [0, 0.05) is 5.56 Å². The molecule has 1 aromatic carbocycles. The van der Waals surface area contributed by atoms with Crippen molar-refractivity contribution in [3.05, 3.63) is 28.6 Å². The first-order valence-corrected chi connectivity index (χ1v) is 6.37.